The molecule has 0 amide bonds. The van der Waals surface area contributed by atoms with E-state index in [1.165, 1.54) is 9.39 Å². The highest BCUT2D eigenvalue weighted by atomic mass is 32.1. The van der Waals surface area contributed by atoms with Crippen LogP contribution in [-0.4, -0.2) is 52.5 Å². The van der Waals surface area contributed by atoms with Gasteiger partial charge in [0.25, 0.3) is 0 Å². The summed E-state index contributed by atoms with van der Waals surface area (Å²) in [6.07, 6.45) is 1.69. The summed E-state index contributed by atoms with van der Waals surface area (Å²) >= 11 is 1.69. The fourth-order valence-electron chi connectivity index (χ4n) is 3.79. The number of hydrogen-bond acceptors (Lipinski definition) is 6. The summed E-state index contributed by atoms with van der Waals surface area (Å²) in [6, 6.07) is 11.9. The zero-order valence-electron chi connectivity index (χ0n) is 16.2. The number of nitrogens with zero attached hydrogens (tertiary/aromatic N) is 4. The van der Waals surface area contributed by atoms with Crippen LogP contribution in [0.1, 0.15) is 17.9 Å². The number of aromatic nitrogens is 3. The fraction of sp³-hybridized carbons (Fsp3) is 0.364. The summed E-state index contributed by atoms with van der Waals surface area (Å²) in [5.41, 5.74) is 1.79. The van der Waals surface area contributed by atoms with Crippen molar-refractivity contribution in [2.75, 3.05) is 33.4 Å². The Bertz CT molecular complexity index is 1200. The number of thiophene rings is 1. The summed E-state index contributed by atoms with van der Waals surface area (Å²) in [5, 5.41) is 5.34. The number of ether oxygens (including phenoxy) is 2. The lowest BCUT2D eigenvalue weighted by Gasteiger charge is -2.25. The summed E-state index contributed by atoms with van der Waals surface area (Å²) in [5.74, 6) is 0.803. The molecule has 30 heavy (non-hydrogen) atoms. The normalized spacial score (nSPS) is 14.8. The molecule has 7 nitrogen and oxygen atoms in total. The number of morpholine rings is 1. The van der Waals surface area contributed by atoms with Gasteiger partial charge >= 0.3 is 5.69 Å². The molecule has 5 rings (SSSR count). The SMILES string of the molecule is C.COc1ccc(Cn2c(=O)n3nccc3c3cc(CN4CCOCC4)sc32)cc1. The van der Waals surface area contributed by atoms with Gasteiger partial charge in [-0.15, -0.1) is 11.3 Å². The predicted molar refractivity (Wildman–Crippen MR) is 120 cm³/mol. The Morgan fingerprint density at radius 1 is 1.13 bits per heavy atom. The quantitative estimate of drug-likeness (QED) is 0.490. The third kappa shape index (κ3) is 3.74. The Labute approximate surface area is 179 Å². The lowest BCUT2D eigenvalue weighted by atomic mass is 10.2. The van der Waals surface area contributed by atoms with E-state index in [1.54, 1.807) is 24.6 Å². The van der Waals surface area contributed by atoms with Crippen molar-refractivity contribution in [2.24, 2.45) is 0 Å². The zero-order chi connectivity index (χ0) is 19.8. The van der Waals surface area contributed by atoms with Crippen molar-refractivity contribution in [3.63, 3.8) is 0 Å². The average molecular weight is 427 g/mol. The van der Waals surface area contributed by atoms with Crippen molar-refractivity contribution in [1.82, 2.24) is 19.1 Å². The molecular weight excluding hydrogens is 400 g/mol. The smallest absolute Gasteiger partial charge is 0.350 e. The van der Waals surface area contributed by atoms with Gasteiger partial charge in [-0.3, -0.25) is 9.47 Å². The van der Waals surface area contributed by atoms with Crippen LogP contribution in [-0.2, 0) is 17.8 Å². The molecule has 1 saturated heterocycles. The van der Waals surface area contributed by atoms with E-state index in [0.717, 1.165) is 59.9 Å². The molecule has 1 fully saturated rings. The van der Waals surface area contributed by atoms with Crippen LogP contribution in [0.3, 0.4) is 0 Å². The zero-order valence-corrected chi connectivity index (χ0v) is 17.0. The molecule has 0 radical (unpaired) electrons. The van der Waals surface area contributed by atoms with Crippen molar-refractivity contribution in [3.05, 3.63) is 63.5 Å². The number of benzene rings is 1. The van der Waals surface area contributed by atoms with Crippen molar-refractivity contribution in [1.29, 1.82) is 0 Å². The molecule has 1 aromatic carbocycles. The van der Waals surface area contributed by atoms with Gasteiger partial charge in [-0.2, -0.15) is 9.61 Å². The second-order valence-corrected chi connectivity index (χ2v) is 8.28. The second kappa shape index (κ2) is 8.59. The Kier molecular flexibility index (Phi) is 5.90. The highest BCUT2D eigenvalue weighted by Gasteiger charge is 2.17. The van der Waals surface area contributed by atoms with Gasteiger partial charge < -0.3 is 9.47 Å². The van der Waals surface area contributed by atoms with E-state index in [-0.39, 0.29) is 13.1 Å². The van der Waals surface area contributed by atoms with E-state index < -0.39 is 0 Å². The van der Waals surface area contributed by atoms with Crippen LogP contribution >= 0.6 is 11.3 Å². The van der Waals surface area contributed by atoms with E-state index in [4.69, 9.17) is 9.47 Å². The highest BCUT2D eigenvalue weighted by Crippen LogP contribution is 2.29. The maximum Gasteiger partial charge on any atom is 0.350 e. The first-order valence-electron chi connectivity index (χ1n) is 9.65. The Morgan fingerprint density at radius 3 is 2.63 bits per heavy atom. The first kappa shape index (κ1) is 20.6. The molecule has 0 unspecified atom stereocenters. The van der Waals surface area contributed by atoms with E-state index in [2.05, 4.69) is 16.1 Å². The largest absolute Gasteiger partial charge is 0.497 e. The van der Waals surface area contributed by atoms with Crippen molar-refractivity contribution >= 4 is 27.1 Å². The van der Waals surface area contributed by atoms with Gasteiger partial charge in [0.2, 0.25) is 0 Å². The summed E-state index contributed by atoms with van der Waals surface area (Å²) in [4.78, 5) is 17.8. The van der Waals surface area contributed by atoms with Gasteiger partial charge in [0.05, 0.1) is 38.6 Å². The van der Waals surface area contributed by atoms with Crippen LogP contribution in [0.4, 0.5) is 0 Å². The molecule has 1 aliphatic heterocycles. The predicted octanol–water partition coefficient (Wildman–Crippen LogP) is 3.24. The molecule has 0 atom stereocenters. The molecule has 0 aliphatic carbocycles. The summed E-state index contributed by atoms with van der Waals surface area (Å²) in [6.45, 7) is 4.80. The number of methoxy groups -OCH3 is 1. The molecule has 0 N–H and O–H groups in total. The molecular formula is C22H26N4O3S. The molecule has 8 heteroatoms. The Balaban J connectivity index is 0.00000218. The molecule has 0 bridgehead atoms. The molecule has 4 heterocycles. The molecule has 0 saturated carbocycles. The molecule has 158 valence electrons. The maximum absolute atomic E-state index is 13.1. The van der Waals surface area contributed by atoms with Crippen LogP contribution in [0.25, 0.3) is 15.7 Å². The van der Waals surface area contributed by atoms with Crippen LogP contribution in [0.2, 0.25) is 0 Å². The Morgan fingerprint density at radius 2 is 1.90 bits per heavy atom. The minimum atomic E-state index is -0.118. The van der Waals surface area contributed by atoms with Crippen molar-refractivity contribution in [2.45, 2.75) is 20.5 Å². The maximum atomic E-state index is 13.1. The van der Waals surface area contributed by atoms with Crippen LogP contribution in [0.5, 0.6) is 5.75 Å². The molecule has 3 aromatic heterocycles. The standard InChI is InChI=1S/C21H22N4O3S.CH4/c1-27-16-4-2-15(3-5-16)13-24-20-18(19-6-7-22-25(19)21(24)26)12-17(29-20)14-23-8-10-28-11-9-23;/h2-7,12H,8-11,13-14H2,1H3;1H4. The van der Waals surface area contributed by atoms with E-state index >= 15 is 0 Å². The monoisotopic (exact) mass is 426 g/mol. The first-order chi connectivity index (χ1) is 14.2. The van der Waals surface area contributed by atoms with E-state index in [9.17, 15) is 4.79 Å². The van der Waals surface area contributed by atoms with Crippen molar-refractivity contribution in [3.8, 4) is 5.75 Å². The summed E-state index contributed by atoms with van der Waals surface area (Å²) < 4.78 is 14.0. The highest BCUT2D eigenvalue weighted by molar-refractivity contribution is 7.18. The first-order valence-corrected chi connectivity index (χ1v) is 10.5. The van der Waals surface area contributed by atoms with Gasteiger partial charge in [-0.05, 0) is 29.8 Å². The Hall–Kier alpha value is -2.68. The molecule has 1 aliphatic rings. The van der Waals surface area contributed by atoms with Crippen molar-refractivity contribution < 1.29 is 9.47 Å². The number of hydrogen-bond donors (Lipinski definition) is 0. The lowest BCUT2D eigenvalue weighted by molar-refractivity contribution is 0.0346. The molecule has 4 aromatic rings. The van der Waals surface area contributed by atoms with Gasteiger partial charge in [0, 0.05) is 29.9 Å². The lowest BCUT2D eigenvalue weighted by Crippen LogP contribution is -2.35. The van der Waals surface area contributed by atoms with Crippen LogP contribution in [0.15, 0.2) is 47.4 Å². The van der Waals surface area contributed by atoms with E-state index in [0.29, 0.717) is 6.54 Å². The van der Waals surface area contributed by atoms with Gasteiger partial charge in [0.1, 0.15) is 10.6 Å². The minimum absolute atomic E-state index is 0. The van der Waals surface area contributed by atoms with Gasteiger partial charge in [-0.1, -0.05) is 19.6 Å². The number of fused-ring (bicyclic) bond motifs is 3. The van der Waals surface area contributed by atoms with Crippen LogP contribution < -0.4 is 10.4 Å². The molecule has 0 spiro atoms. The average Bonchev–Trinajstić information content (AvgIpc) is 3.39. The third-order valence-corrected chi connectivity index (χ3v) is 6.47. The van der Waals surface area contributed by atoms with Crippen LogP contribution in [0, 0.1) is 0 Å². The second-order valence-electron chi connectivity index (χ2n) is 7.17. The van der Waals surface area contributed by atoms with Gasteiger partial charge in [0.15, 0.2) is 0 Å². The topological polar surface area (TPSA) is 61.0 Å². The van der Waals surface area contributed by atoms with Gasteiger partial charge in [-0.25, -0.2) is 4.79 Å². The number of rotatable bonds is 5. The minimum Gasteiger partial charge on any atom is -0.497 e. The van der Waals surface area contributed by atoms with E-state index in [1.807, 2.05) is 34.9 Å². The summed E-state index contributed by atoms with van der Waals surface area (Å²) in [7, 11) is 1.65. The third-order valence-electron chi connectivity index (χ3n) is 5.32. The fourth-order valence-corrected chi connectivity index (χ4v) is 4.99.